The smallest absolute Gasteiger partial charge is 0.790 e. The Balaban J connectivity index is -0.000000415. The number of hydrogen-bond donors (Lipinski definition) is 8. The van der Waals surface area contributed by atoms with Crippen LogP contribution in [0.2, 0.25) is 0 Å². The molecule has 0 spiro atoms. The van der Waals surface area contributed by atoms with Crippen LogP contribution in [0, 0.1) is 0 Å². The van der Waals surface area contributed by atoms with Crippen molar-refractivity contribution in [3.63, 3.8) is 0 Å². The largest absolute Gasteiger partial charge is 1.00 e. The van der Waals surface area contributed by atoms with Crippen LogP contribution in [0.25, 0.3) is 22.3 Å². The second-order valence-corrected chi connectivity index (χ2v) is 18.3. The molecular weight excluding hydrogens is 968 g/mol. The van der Waals surface area contributed by atoms with E-state index >= 15 is 0 Å². The van der Waals surface area contributed by atoms with Gasteiger partial charge in [0.15, 0.2) is 35.4 Å². The topological polar surface area (TPSA) is 563 Å². The summed E-state index contributed by atoms with van der Waals surface area (Å²) >= 11 is 0. The number of hydrogen-bond acceptors (Lipinski definition) is 32. The normalized spacial score (nSPS) is 24.9. The molecule has 66 heavy (non-hydrogen) atoms. The Labute approximate surface area is 453 Å². The standard InChI is InChI=1S/2C10H13N5O4.7Li.H7O16P5/c2*11-8-5-9(13-2-12-8)15(3-14-5)10-7(18)6(17)4(1-16)19-10;;;;;;;;1-17(2,3)13-19(7,8)15-21(11,12)16-20(9,10)14-18(4,5)6/h2*2-4,6-7,10,16-18H,1H2,(H2,11,12,13);;;;;;;;(H,7,8)(H,9,10)(H,11,12)(H2,1,2,3)(H2,4,5,6)/q;;7*+1;/p-7/t2*4-,6-,7-,10-;;;;;;;;/m11......../s1. The fourth-order valence-corrected chi connectivity index (χ4v) is 9.95. The number of aliphatic hydroxyl groups is 6. The monoisotopic (exact) mass is 994 g/mol. The number of nitrogens with zero attached hydrogens (tertiary/aromatic N) is 8. The number of fused-ring (bicyclic) bond motifs is 2. The zero-order valence-electron chi connectivity index (χ0n) is 35.3. The number of phosphoric acid groups is 5. The third-order valence-corrected chi connectivity index (χ3v) is 13.6. The van der Waals surface area contributed by atoms with Crippen molar-refractivity contribution in [2.75, 3.05) is 24.7 Å². The van der Waals surface area contributed by atoms with Gasteiger partial charge in [-0.25, -0.2) is 38.5 Å². The summed E-state index contributed by atoms with van der Waals surface area (Å²) in [4.78, 5) is 95.3. The molecule has 0 saturated carbocycles. The van der Waals surface area contributed by atoms with Gasteiger partial charge in [-0.3, -0.25) is 31.5 Å². The summed E-state index contributed by atoms with van der Waals surface area (Å²) in [6, 6.07) is 0. The zero-order valence-corrected chi connectivity index (χ0v) is 39.8. The van der Waals surface area contributed by atoms with E-state index in [-0.39, 0.29) is 144 Å². The van der Waals surface area contributed by atoms with Gasteiger partial charge in [0, 0.05) is 0 Å². The third kappa shape index (κ3) is 20.3. The van der Waals surface area contributed by atoms with Gasteiger partial charge >= 0.3 is 132 Å². The van der Waals surface area contributed by atoms with Crippen LogP contribution in [0.5, 0.6) is 0 Å². The minimum absolute atomic E-state index is 0. The maximum Gasteiger partial charge on any atom is 1.00 e. The number of imidazole rings is 2. The second kappa shape index (κ2) is 29.8. The van der Waals surface area contributed by atoms with Crippen LogP contribution < -0.4 is 178 Å². The number of nitrogens with two attached hydrogens (primary N) is 2. The fraction of sp³-hybridized carbons (Fsp3) is 0.500. The van der Waals surface area contributed by atoms with E-state index in [0.29, 0.717) is 22.3 Å². The summed E-state index contributed by atoms with van der Waals surface area (Å²) in [6.07, 6.45) is -2.85. The van der Waals surface area contributed by atoms with E-state index in [2.05, 4.69) is 47.1 Å². The number of aromatic nitrogens is 8. The molecule has 46 heteroatoms. The maximum absolute atomic E-state index is 10.7. The number of anilines is 2. The van der Waals surface area contributed by atoms with Crippen LogP contribution in [0.1, 0.15) is 12.5 Å². The van der Waals surface area contributed by atoms with Crippen molar-refractivity contribution in [2.45, 2.75) is 49.1 Å². The van der Waals surface area contributed by atoms with Gasteiger partial charge in [-0.1, -0.05) is 0 Å². The van der Waals surface area contributed by atoms with E-state index in [1.807, 2.05) is 0 Å². The molecule has 2 aliphatic heterocycles. The minimum Gasteiger partial charge on any atom is -0.790 e. The van der Waals surface area contributed by atoms with Crippen molar-refractivity contribution >= 4 is 73.1 Å². The fourth-order valence-electron chi connectivity index (χ4n) is 4.87. The molecule has 34 nitrogen and oxygen atoms in total. The molecule has 0 amide bonds. The van der Waals surface area contributed by atoms with Crippen LogP contribution in [0.3, 0.4) is 0 Å². The van der Waals surface area contributed by atoms with Crippen LogP contribution in [0.15, 0.2) is 25.3 Å². The van der Waals surface area contributed by atoms with Crippen LogP contribution in [0.4, 0.5) is 11.6 Å². The molecule has 2 aliphatic rings. The van der Waals surface area contributed by atoms with Gasteiger partial charge in [-0.2, -0.15) is 0 Å². The Kier molecular flexibility index (Phi) is 33.4. The first-order valence-corrected chi connectivity index (χ1v) is 22.3. The Morgan fingerprint density at radius 1 is 0.515 bits per heavy atom. The second-order valence-electron chi connectivity index (χ2n) is 11.2. The summed E-state index contributed by atoms with van der Waals surface area (Å²) < 4.78 is 76.3. The summed E-state index contributed by atoms with van der Waals surface area (Å²) in [7, 11) is -32.1. The molecule has 10 atom stereocenters. The van der Waals surface area contributed by atoms with Crippen molar-refractivity contribution in [1.82, 2.24) is 39.0 Å². The van der Waals surface area contributed by atoms with Gasteiger partial charge in [0.25, 0.3) is 23.5 Å². The SMILES string of the molecule is Nc1ncnc2c1ncn2[C@@H]1O[C@H](CO)[C@@H](O)[C@H]1O.Nc1ncnc2c1ncn2[C@@H]1O[C@H](CO)[C@@H](O)[C@H]1O.O=P([O-])([O-])OP(=O)([O-])OP(=O)([O-])OP(=O)([O-])OP(=O)([O-])[O-].[Li+].[Li+].[Li+].[Li+].[Li+].[Li+].[Li+]. The van der Waals surface area contributed by atoms with Crippen LogP contribution >= 0.6 is 39.1 Å². The summed E-state index contributed by atoms with van der Waals surface area (Å²) in [5.74, 6) is 0.436. The molecule has 0 radical (unpaired) electrons. The van der Waals surface area contributed by atoms with E-state index in [4.69, 9.17) is 31.2 Å². The summed E-state index contributed by atoms with van der Waals surface area (Å²) in [6.45, 7) is -0.781. The third-order valence-electron chi connectivity index (χ3n) is 7.16. The number of rotatable bonds is 12. The molecule has 2 saturated heterocycles. The first kappa shape index (κ1) is 73.8. The number of aliphatic hydroxyl groups excluding tert-OH is 6. The molecule has 4 aromatic rings. The Bertz CT molecular complexity index is 2220. The summed E-state index contributed by atoms with van der Waals surface area (Å²) in [5.41, 5.74) is 12.9. The number of nitrogen functional groups attached to an aromatic ring is 2. The average Bonchev–Trinajstić information content (AvgIpc) is 3.84. The van der Waals surface area contributed by atoms with Crippen molar-refractivity contribution in [1.29, 1.82) is 0 Å². The molecule has 0 aliphatic carbocycles. The predicted octanol–water partition coefficient (Wildman–Crippen LogP) is -29.8. The van der Waals surface area contributed by atoms with E-state index < -0.39 is 101 Å². The molecule has 2 unspecified atom stereocenters. The van der Waals surface area contributed by atoms with Gasteiger partial charge in [-0.15, -0.1) is 0 Å². The van der Waals surface area contributed by atoms with Crippen molar-refractivity contribution in [2.24, 2.45) is 0 Å². The first-order chi connectivity index (χ1) is 27.1. The van der Waals surface area contributed by atoms with E-state index in [9.17, 15) is 77.5 Å². The minimum atomic E-state index is -6.56. The van der Waals surface area contributed by atoms with Gasteiger partial charge < -0.3 is 95.0 Å². The Morgan fingerprint density at radius 2 is 0.803 bits per heavy atom. The van der Waals surface area contributed by atoms with Gasteiger partial charge in [-0.05, 0) is 0 Å². The average molecular weight is 994 g/mol. The van der Waals surface area contributed by atoms with Crippen LogP contribution in [-0.4, -0.2) is 120 Å². The molecular formula is C20H26Li7N10O24P5. The van der Waals surface area contributed by atoms with Gasteiger partial charge in [0.05, 0.1) is 41.5 Å². The quantitative estimate of drug-likeness (QED) is 0.0482. The molecule has 0 aromatic carbocycles. The van der Waals surface area contributed by atoms with Crippen molar-refractivity contribution < 1.29 is 246 Å². The van der Waals surface area contributed by atoms with Gasteiger partial charge in [0.2, 0.25) is 0 Å². The molecule has 0 bridgehead atoms. The molecule has 2 fully saturated rings. The molecule has 6 heterocycles. The van der Waals surface area contributed by atoms with E-state index in [0.717, 1.165) is 0 Å². The molecule has 4 aromatic heterocycles. The molecule has 332 valence electrons. The van der Waals surface area contributed by atoms with Gasteiger partial charge in [0.1, 0.15) is 60.3 Å². The Hall–Kier alpha value is 1.27. The molecule has 6 rings (SSSR count). The van der Waals surface area contributed by atoms with Crippen molar-refractivity contribution in [3.8, 4) is 0 Å². The molecule has 10 N–H and O–H groups in total. The van der Waals surface area contributed by atoms with E-state index in [1.54, 1.807) is 0 Å². The summed E-state index contributed by atoms with van der Waals surface area (Å²) in [5, 5.41) is 57.5. The van der Waals surface area contributed by atoms with Crippen molar-refractivity contribution in [3.05, 3.63) is 25.3 Å². The van der Waals surface area contributed by atoms with E-state index in [1.165, 1.54) is 34.4 Å². The zero-order chi connectivity index (χ0) is 44.5. The predicted molar refractivity (Wildman–Crippen MR) is 168 cm³/mol. The van der Waals surface area contributed by atoms with Crippen LogP contribution in [-0.2, 0) is 49.5 Å². The first-order valence-electron chi connectivity index (χ1n) is 15.0. The maximum atomic E-state index is 10.7. The number of ether oxygens (including phenoxy) is 2. The Morgan fingerprint density at radius 3 is 1.06 bits per heavy atom.